The Morgan fingerprint density at radius 2 is 1.83 bits per heavy atom. The smallest absolute Gasteiger partial charge is 0.176 e. The van der Waals surface area contributed by atoms with Crippen molar-refractivity contribution < 1.29 is 14.2 Å². The maximum Gasteiger partial charge on any atom is 0.176 e. The quantitative estimate of drug-likeness (QED) is 0.806. The van der Waals surface area contributed by atoms with Gasteiger partial charge in [-0.3, -0.25) is 0 Å². The first-order chi connectivity index (χ1) is 8.53. The maximum atomic E-state index is 6.02. The number of methoxy groups -OCH3 is 3. The van der Waals surface area contributed by atoms with Gasteiger partial charge in [-0.05, 0) is 35.0 Å². The maximum absolute atomic E-state index is 6.02. The Morgan fingerprint density at radius 1 is 1.22 bits per heavy atom. The van der Waals surface area contributed by atoms with Crippen LogP contribution in [-0.2, 0) is 9.47 Å². The van der Waals surface area contributed by atoms with Crippen molar-refractivity contribution in [3.63, 3.8) is 0 Å². The molecule has 0 spiro atoms. The molecule has 18 heavy (non-hydrogen) atoms. The van der Waals surface area contributed by atoms with Crippen molar-refractivity contribution in [2.75, 3.05) is 26.6 Å². The van der Waals surface area contributed by atoms with Gasteiger partial charge in [0, 0.05) is 19.2 Å². The van der Waals surface area contributed by atoms with Crippen LogP contribution in [0.1, 0.15) is 6.92 Å². The normalized spacial score (nSPS) is 12.6. The van der Waals surface area contributed by atoms with E-state index >= 15 is 0 Å². The van der Waals surface area contributed by atoms with E-state index < -0.39 is 0 Å². The van der Waals surface area contributed by atoms with Gasteiger partial charge in [-0.25, -0.2) is 0 Å². The van der Waals surface area contributed by atoms with Gasteiger partial charge in [0.1, 0.15) is 0 Å². The van der Waals surface area contributed by atoms with Crippen LogP contribution in [0, 0.1) is 0 Å². The zero-order chi connectivity index (χ0) is 13.7. The Kier molecular flexibility index (Phi) is 6.21. The number of ether oxygens (including phenoxy) is 3. The molecule has 1 unspecified atom stereocenters. The first-order valence-electron chi connectivity index (χ1n) is 5.38. The van der Waals surface area contributed by atoms with Crippen LogP contribution in [0.25, 0.3) is 0 Å². The number of nitrogens with one attached hydrogen (secondary N) is 1. The predicted molar refractivity (Wildman–Crippen MR) is 76.6 cm³/mol. The van der Waals surface area contributed by atoms with Gasteiger partial charge in [0.15, 0.2) is 12.0 Å². The molecule has 102 valence electrons. The van der Waals surface area contributed by atoms with Gasteiger partial charge in [0.05, 0.1) is 23.3 Å². The molecule has 1 rings (SSSR count). The number of benzene rings is 1. The van der Waals surface area contributed by atoms with Gasteiger partial charge >= 0.3 is 0 Å². The molecule has 0 saturated carbocycles. The highest BCUT2D eigenvalue weighted by atomic mass is 79.9. The lowest BCUT2D eigenvalue weighted by molar-refractivity contribution is -0.109. The fourth-order valence-electron chi connectivity index (χ4n) is 1.69. The molecule has 4 nitrogen and oxygen atoms in total. The molecule has 0 radical (unpaired) electrons. The van der Waals surface area contributed by atoms with E-state index in [1.807, 2.05) is 6.92 Å². The SMILES string of the molecule is COc1c(Br)cc(Cl)cc1NC(C)C(OC)OC. The van der Waals surface area contributed by atoms with Gasteiger partial charge in [-0.2, -0.15) is 0 Å². The minimum atomic E-state index is -0.354. The van der Waals surface area contributed by atoms with E-state index in [-0.39, 0.29) is 12.3 Å². The number of halogens is 2. The number of rotatable bonds is 6. The number of hydrogen-bond donors (Lipinski definition) is 1. The third kappa shape index (κ3) is 3.75. The Hall–Kier alpha value is -0.490. The standard InChI is InChI=1S/C12H17BrClNO3/c1-7(12(17-3)18-4)15-10-6-8(14)5-9(13)11(10)16-2/h5-7,12,15H,1-4H3. The molecule has 6 heteroatoms. The molecule has 1 aromatic rings. The number of hydrogen-bond acceptors (Lipinski definition) is 4. The van der Waals surface area contributed by atoms with E-state index in [9.17, 15) is 0 Å². The van der Waals surface area contributed by atoms with Gasteiger partial charge < -0.3 is 19.5 Å². The van der Waals surface area contributed by atoms with Crippen molar-refractivity contribution in [3.05, 3.63) is 21.6 Å². The fourth-order valence-corrected chi connectivity index (χ4v) is 2.66. The lowest BCUT2D eigenvalue weighted by Gasteiger charge is -2.24. The van der Waals surface area contributed by atoms with Crippen LogP contribution in [0.15, 0.2) is 16.6 Å². The van der Waals surface area contributed by atoms with Gasteiger partial charge in [-0.15, -0.1) is 0 Å². The zero-order valence-electron chi connectivity index (χ0n) is 10.8. The third-order valence-electron chi connectivity index (χ3n) is 2.47. The minimum absolute atomic E-state index is 0.0562. The highest BCUT2D eigenvalue weighted by Gasteiger charge is 2.18. The van der Waals surface area contributed by atoms with Crippen molar-refractivity contribution in [1.82, 2.24) is 0 Å². The highest BCUT2D eigenvalue weighted by Crippen LogP contribution is 2.36. The summed E-state index contributed by atoms with van der Waals surface area (Å²) >= 11 is 9.43. The second kappa shape index (κ2) is 7.19. The molecule has 0 aliphatic carbocycles. The second-order valence-electron chi connectivity index (χ2n) is 3.74. The summed E-state index contributed by atoms with van der Waals surface area (Å²) in [5.41, 5.74) is 0.781. The van der Waals surface area contributed by atoms with Gasteiger partial charge in [-0.1, -0.05) is 11.6 Å². The topological polar surface area (TPSA) is 39.7 Å². The van der Waals surface area contributed by atoms with Crippen molar-refractivity contribution in [2.24, 2.45) is 0 Å². The highest BCUT2D eigenvalue weighted by molar-refractivity contribution is 9.10. The molecular weight excluding hydrogens is 321 g/mol. The molecular formula is C12H17BrClNO3. The molecule has 1 atom stereocenters. The van der Waals surface area contributed by atoms with E-state index in [0.29, 0.717) is 10.8 Å². The summed E-state index contributed by atoms with van der Waals surface area (Å²) in [6, 6.07) is 3.52. The van der Waals surface area contributed by atoms with Gasteiger partial charge in [0.25, 0.3) is 0 Å². The van der Waals surface area contributed by atoms with Crippen molar-refractivity contribution in [2.45, 2.75) is 19.3 Å². The van der Waals surface area contributed by atoms with E-state index in [1.165, 1.54) is 0 Å². The Morgan fingerprint density at radius 3 is 2.33 bits per heavy atom. The minimum Gasteiger partial charge on any atom is -0.493 e. The summed E-state index contributed by atoms with van der Waals surface area (Å²) in [7, 11) is 4.79. The molecule has 0 aliphatic heterocycles. The second-order valence-corrected chi connectivity index (χ2v) is 5.03. The van der Waals surface area contributed by atoms with E-state index in [2.05, 4.69) is 21.2 Å². The Labute approximate surface area is 121 Å². The Balaban J connectivity index is 2.96. The summed E-state index contributed by atoms with van der Waals surface area (Å²) in [4.78, 5) is 0. The summed E-state index contributed by atoms with van der Waals surface area (Å²) in [5.74, 6) is 0.692. The molecule has 0 aliphatic rings. The summed E-state index contributed by atoms with van der Waals surface area (Å²) in [5, 5.41) is 3.87. The first kappa shape index (κ1) is 15.6. The van der Waals surface area contributed by atoms with Gasteiger partial charge in [0.2, 0.25) is 0 Å². The van der Waals surface area contributed by atoms with Crippen LogP contribution in [0.3, 0.4) is 0 Å². The van der Waals surface area contributed by atoms with Crippen molar-refractivity contribution in [3.8, 4) is 5.75 Å². The molecule has 0 bridgehead atoms. The molecule has 1 N–H and O–H groups in total. The molecule has 0 saturated heterocycles. The summed E-state index contributed by atoms with van der Waals surface area (Å²) in [6.45, 7) is 1.95. The fraction of sp³-hybridized carbons (Fsp3) is 0.500. The lowest BCUT2D eigenvalue weighted by atomic mass is 10.2. The van der Waals surface area contributed by atoms with Crippen LogP contribution >= 0.6 is 27.5 Å². The average molecular weight is 339 g/mol. The lowest BCUT2D eigenvalue weighted by Crippen LogP contribution is -2.33. The van der Waals surface area contributed by atoms with Crippen LogP contribution in [0.5, 0.6) is 5.75 Å². The number of anilines is 1. The molecule has 0 aromatic heterocycles. The molecule has 1 aromatic carbocycles. The molecule has 0 fully saturated rings. The van der Waals surface area contributed by atoms with Crippen molar-refractivity contribution in [1.29, 1.82) is 0 Å². The zero-order valence-corrected chi connectivity index (χ0v) is 13.1. The van der Waals surface area contributed by atoms with Crippen molar-refractivity contribution >= 4 is 33.2 Å². The largest absolute Gasteiger partial charge is 0.493 e. The van der Waals surface area contributed by atoms with E-state index in [0.717, 1.165) is 10.2 Å². The van der Waals surface area contributed by atoms with E-state index in [1.54, 1.807) is 33.5 Å². The van der Waals surface area contributed by atoms with Crippen LogP contribution in [-0.4, -0.2) is 33.7 Å². The summed E-state index contributed by atoms with van der Waals surface area (Å²) < 4.78 is 16.5. The van der Waals surface area contributed by atoms with Crippen LogP contribution in [0.4, 0.5) is 5.69 Å². The molecule has 0 amide bonds. The monoisotopic (exact) mass is 337 g/mol. The van der Waals surface area contributed by atoms with Crippen LogP contribution < -0.4 is 10.1 Å². The van der Waals surface area contributed by atoms with E-state index in [4.69, 9.17) is 25.8 Å². The molecule has 0 heterocycles. The Bertz CT molecular complexity index is 399. The average Bonchev–Trinajstić information content (AvgIpc) is 2.30. The summed E-state index contributed by atoms with van der Waals surface area (Å²) in [6.07, 6.45) is -0.354. The van der Waals surface area contributed by atoms with Crippen LogP contribution in [0.2, 0.25) is 5.02 Å². The third-order valence-corrected chi connectivity index (χ3v) is 3.28. The predicted octanol–water partition coefficient (Wildman–Crippen LogP) is 3.53. The first-order valence-corrected chi connectivity index (χ1v) is 6.55.